The van der Waals surface area contributed by atoms with Crippen LogP contribution >= 0.6 is 0 Å². The Hall–Kier alpha value is -3.32. The Morgan fingerprint density at radius 3 is 2.36 bits per heavy atom. The van der Waals surface area contributed by atoms with Crippen molar-refractivity contribution in [2.24, 2.45) is 0 Å². The highest BCUT2D eigenvalue weighted by Gasteiger charge is 2.27. The van der Waals surface area contributed by atoms with Crippen molar-refractivity contribution >= 4 is 21.6 Å². The van der Waals surface area contributed by atoms with Crippen LogP contribution in [0.5, 0.6) is 5.75 Å². The zero-order valence-corrected chi connectivity index (χ0v) is 19.8. The SMILES string of the molecule is CCCc1ccc(OCCNC(=O)CN(c2cccc(C)c2)S(=O)(=O)c2ccccc2)cc1. The van der Waals surface area contributed by atoms with Crippen molar-refractivity contribution in [2.45, 2.75) is 31.6 Å². The molecular weight excluding hydrogens is 436 g/mol. The molecule has 0 saturated carbocycles. The van der Waals surface area contributed by atoms with Gasteiger partial charge in [-0.05, 0) is 60.9 Å². The van der Waals surface area contributed by atoms with Crippen LogP contribution in [0.25, 0.3) is 0 Å². The average Bonchev–Trinajstić information content (AvgIpc) is 2.82. The molecule has 0 saturated heterocycles. The van der Waals surface area contributed by atoms with Crippen molar-refractivity contribution in [2.75, 3.05) is 24.0 Å². The second kappa shape index (κ2) is 11.5. The third-order valence-corrected chi connectivity index (χ3v) is 6.85. The van der Waals surface area contributed by atoms with Gasteiger partial charge in [0.25, 0.3) is 10.0 Å². The molecule has 33 heavy (non-hydrogen) atoms. The van der Waals surface area contributed by atoms with Crippen molar-refractivity contribution in [3.05, 3.63) is 90.0 Å². The first-order valence-electron chi connectivity index (χ1n) is 11.0. The van der Waals surface area contributed by atoms with Crippen LogP contribution in [0.3, 0.4) is 0 Å². The summed E-state index contributed by atoms with van der Waals surface area (Å²) in [6.07, 6.45) is 2.12. The molecule has 0 heterocycles. The highest BCUT2D eigenvalue weighted by atomic mass is 32.2. The molecule has 0 aliphatic carbocycles. The molecular formula is C26H30N2O4S. The molecule has 0 aliphatic heterocycles. The largest absolute Gasteiger partial charge is 0.492 e. The minimum Gasteiger partial charge on any atom is -0.492 e. The summed E-state index contributed by atoms with van der Waals surface area (Å²) in [7, 11) is -3.91. The summed E-state index contributed by atoms with van der Waals surface area (Å²) in [5, 5.41) is 2.75. The van der Waals surface area contributed by atoms with E-state index in [0.717, 1.165) is 28.5 Å². The maximum atomic E-state index is 13.3. The van der Waals surface area contributed by atoms with Gasteiger partial charge in [0.1, 0.15) is 18.9 Å². The first kappa shape index (κ1) is 24.3. The summed E-state index contributed by atoms with van der Waals surface area (Å²) in [5.41, 5.74) is 2.60. The number of hydrogen-bond donors (Lipinski definition) is 1. The molecule has 0 atom stereocenters. The van der Waals surface area contributed by atoms with E-state index in [4.69, 9.17) is 4.74 Å². The number of ether oxygens (including phenoxy) is 1. The molecule has 1 N–H and O–H groups in total. The molecule has 6 nitrogen and oxygen atoms in total. The summed E-state index contributed by atoms with van der Waals surface area (Å²) in [4.78, 5) is 12.8. The van der Waals surface area contributed by atoms with Crippen LogP contribution in [0.4, 0.5) is 5.69 Å². The Morgan fingerprint density at radius 1 is 0.970 bits per heavy atom. The predicted octanol–water partition coefficient (Wildman–Crippen LogP) is 4.34. The fourth-order valence-electron chi connectivity index (χ4n) is 3.40. The van der Waals surface area contributed by atoms with E-state index >= 15 is 0 Å². The molecule has 174 valence electrons. The van der Waals surface area contributed by atoms with Crippen molar-refractivity contribution in [3.63, 3.8) is 0 Å². The van der Waals surface area contributed by atoms with E-state index in [9.17, 15) is 13.2 Å². The number of nitrogens with one attached hydrogen (secondary N) is 1. The number of sulfonamides is 1. The highest BCUT2D eigenvalue weighted by Crippen LogP contribution is 2.24. The van der Waals surface area contributed by atoms with E-state index in [1.165, 1.54) is 17.7 Å². The number of aryl methyl sites for hydroxylation is 2. The zero-order chi connectivity index (χ0) is 23.7. The Labute approximate surface area is 196 Å². The van der Waals surface area contributed by atoms with Crippen molar-refractivity contribution in [1.29, 1.82) is 0 Å². The smallest absolute Gasteiger partial charge is 0.264 e. The minimum atomic E-state index is -3.91. The fourth-order valence-corrected chi connectivity index (χ4v) is 4.84. The molecule has 0 unspecified atom stereocenters. The second-order valence-electron chi connectivity index (χ2n) is 7.76. The van der Waals surface area contributed by atoms with Gasteiger partial charge in [-0.1, -0.05) is 55.8 Å². The molecule has 0 aromatic heterocycles. The van der Waals surface area contributed by atoms with Gasteiger partial charge in [0.2, 0.25) is 5.91 Å². The van der Waals surface area contributed by atoms with Crippen molar-refractivity contribution in [1.82, 2.24) is 5.32 Å². The van der Waals surface area contributed by atoms with Crippen LogP contribution in [0.1, 0.15) is 24.5 Å². The molecule has 0 radical (unpaired) electrons. The van der Waals surface area contributed by atoms with Crippen LogP contribution < -0.4 is 14.4 Å². The van der Waals surface area contributed by atoms with E-state index in [2.05, 4.69) is 12.2 Å². The topological polar surface area (TPSA) is 75.7 Å². The lowest BCUT2D eigenvalue weighted by Gasteiger charge is -2.24. The van der Waals surface area contributed by atoms with Gasteiger partial charge < -0.3 is 10.1 Å². The van der Waals surface area contributed by atoms with Crippen LogP contribution in [0.15, 0.2) is 83.8 Å². The summed E-state index contributed by atoms with van der Waals surface area (Å²) >= 11 is 0. The third-order valence-electron chi connectivity index (χ3n) is 5.06. The molecule has 0 bridgehead atoms. The van der Waals surface area contributed by atoms with Gasteiger partial charge in [-0.15, -0.1) is 0 Å². The van der Waals surface area contributed by atoms with Crippen molar-refractivity contribution in [3.8, 4) is 5.75 Å². The Balaban J connectivity index is 1.63. The Morgan fingerprint density at radius 2 is 1.70 bits per heavy atom. The lowest BCUT2D eigenvalue weighted by molar-refractivity contribution is -0.119. The first-order valence-corrected chi connectivity index (χ1v) is 12.5. The van der Waals surface area contributed by atoms with E-state index in [1.807, 2.05) is 37.3 Å². The van der Waals surface area contributed by atoms with Crippen LogP contribution in [0, 0.1) is 6.92 Å². The van der Waals surface area contributed by atoms with Gasteiger partial charge in [-0.25, -0.2) is 8.42 Å². The Bertz CT molecular complexity index is 1150. The summed E-state index contributed by atoms with van der Waals surface area (Å²) in [6.45, 7) is 4.24. The summed E-state index contributed by atoms with van der Waals surface area (Å²) < 4.78 is 33.4. The number of amides is 1. The van der Waals surface area contributed by atoms with Gasteiger partial charge >= 0.3 is 0 Å². The number of hydrogen-bond acceptors (Lipinski definition) is 4. The second-order valence-corrected chi connectivity index (χ2v) is 9.62. The lowest BCUT2D eigenvalue weighted by atomic mass is 10.1. The van der Waals surface area contributed by atoms with Gasteiger partial charge in [-0.3, -0.25) is 9.10 Å². The molecule has 3 aromatic rings. The average molecular weight is 467 g/mol. The molecule has 0 spiro atoms. The maximum Gasteiger partial charge on any atom is 0.264 e. The quantitative estimate of drug-likeness (QED) is 0.427. The predicted molar refractivity (Wildman–Crippen MR) is 131 cm³/mol. The molecule has 3 aromatic carbocycles. The van der Waals surface area contributed by atoms with E-state index in [-0.39, 0.29) is 24.6 Å². The minimum absolute atomic E-state index is 0.133. The van der Waals surface area contributed by atoms with Gasteiger partial charge in [0.05, 0.1) is 17.1 Å². The van der Waals surface area contributed by atoms with Crippen LogP contribution in [-0.4, -0.2) is 34.0 Å². The van der Waals surface area contributed by atoms with Crippen LogP contribution in [0.2, 0.25) is 0 Å². The number of benzene rings is 3. The molecule has 3 rings (SSSR count). The molecule has 0 aliphatic rings. The monoisotopic (exact) mass is 466 g/mol. The zero-order valence-electron chi connectivity index (χ0n) is 19.0. The highest BCUT2D eigenvalue weighted by molar-refractivity contribution is 7.92. The first-order chi connectivity index (χ1) is 15.9. The summed E-state index contributed by atoms with van der Waals surface area (Å²) in [5.74, 6) is 0.329. The number of carbonyl (C=O) groups is 1. The van der Waals surface area contributed by atoms with Gasteiger partial charge in [-0.2, -0.15) is 0 Å². The summed E-state index contributed by atoms with van der Waals surface area (Å²) in [6, 6.07) is 23.1. The van der Waals surface area contributed by atoms with E-state index in [0.29, 0.717) is 5.69 Å². The maximum absolute atomic E-state index is 13.3. The van der Waals surface area contributed by atoms with E-state index in [1.54, 1.807) is 36.4 Å². The standard InChI is InChI=1S/C26H30N2O4S/c1-3-8-22-13-15-24(16-14-22)32-18-17-27-26(29)20-28(23-10-7-9-21(2)19-23)33(30,31)25-11-5-4-6-12-25/h4-7,9-16,19H,3,8,17-18,20H2,1-2H3,(H,27,29). The van der Waals surface area contributed by atoms with Crippen molar-refractivity contribution < 1.29 is 17.9 Å². The molecule has 0 fully saturated rings. The third kappa shape index (κ3) is 6.83. The fraction of sp³-hybridized carbons (Fsp3) is 0.269. The van der Waals surface area contributed by atoms with Crippen LogP contribution in [-0.2, 0) is 21.2 Å². The number of nitrogens with zero attached hydrogens (tertiary/aromatic N) is 1. The number of anilines is 1. The van der Waals surface area contributed by atoms with E-state index < -0.39 is 15.9 Å². The number of carbonyl (C=O) groups excluding carboxylic acids is 1. The molecule has 1 amide bonds. The van der Waals surface area contributed by atoms with Gasteiger partial charge in [0.15, 0.2) is 0 Å². The van der Waals surface area contributed by atoms with Gasteiger partial charge in [0, 0.05) is 0 Å². The number of rotatable bonds is 11. The lowest BCUT2D eigenvalue weighted by Crippen LogP contribution is -2.42. The normalized spacial score (nSPS) is 11.1. The Kier molecular flexibility index (Phi) is 8.49. The molecule has 7 heteroatoms.